The molecular formula is C30H30ClF4N7O2. The molecule has 0 bridgehead atoms. The molecule has 14 heteroatoms. The Balaban J connectivity index is 1.60. The Morgan fingerprint density at radius 2 is 1.84 bits per heavy atom. The summed E-state index contributed by atoms with van der Waals surface area (Å²) in [6.45, 7) is 1.20. The van der Waals surface area contributed by atoms with E-state index in [2.05, 4.69) is 30.9 Å². The quantitative estimate of drug-likeness (QED) is 0.112. The minimum absolute atomic E-state index is 0.0562. The fourth-order valence-corrected chi connectivity index (χ4v) is 4.44. The van der Waals surface area contributed by atoms with Crippen LogP contribution in [0.5, 0.6) is 11.6 Å². The van der Waals surface area contributed by atoms with Crippen molar-refractivity contribution in [2.24, 2.45) is 0 Å². The number of nitrogens with zero attached hydrogens (tertiary/aromatic N) is 4. The van der Waals surface area contributed by atoms with Crippen LogP contribution >= 0.6 is 11.6 Å². The summed E-state index contributed by atoms with van der Waals surface area (Å²) in [7, 11) is 5.53. The molecule has 4 aromatic rings. The van der Waals surface area contributed by atoms with Gasteiger partial charge < -0.3 is 25.6 Å². The number of carbonyl (C=O) groups excluding carboxylic acids is 1. The molecular weight excluding hydrogens is 602 g/mol. The molecule has 2 aromatic carbocycles. The number of benzene rings is 2. The van der Waals surface area contributed by atoms with Crippen LogP contribution in [0.25, 0.3) is 11.3 Å². The first-order valence-electron chi connectivity index (χ1n) is 13.5. The summed E-state index contributed by atoms with van der Waals surface area (Å²) in [6.07, 6.45) is -0.174. The highest BCUT2D eigenvalue weighted by molar-refractivity contribution is 6.34. The zero-order valence-electron chi connectivity index (χ0n) is 24.1. The number of amides is 1. The number of nitrogens with one attached hydrogen (secondary N) is 3. The van der Waals surface area contributed by atoms with Crippen molar-refractivity contribution in [3.63, 3.8) is 0 Å². The van der Waals surface area contributed by atoms with Gasteiger partial charge in [-0.25, -0.2) is 19.3 Å². The number of pyridine rings is 1. The Morgan fingerprint density at radius 1 is 1.05 bits per heavy atom. The van der Waals surface area contributed by atoms with Gasteiger partial charge in [0.15, 0.2) is 0 Å². The lowest BCUT2D eigenvalue weighted by atomic mass is 10.1. The number of hydrogen-bond acceptors (Lipinski definition) is 8. The molecule has 0 aliphatic heterocycles. The van der Waals surface area contributed by atoms with Crippen molar-refractivity contribution < 1.29 is 27.1 Å². The smallest absolute Gasteiger partial charge is 0.416 e. The van der Waals surface area contributed by atoms with E-state index in [9.17, 15) is 22.4 Å². The predicted octanol–water partition coefficient (Wildman–Crippen LogP) is 7.19. The van der Waals surface area contributed by atoms with Crippen molar-refractivity contribution >= 4 is 34.8 Å². The molecule has 4 rings (SSSR count). The number of ether oxygens (including phenoxy) is 1. The van der Waals surface area contributed by atoms with Gasteiger partial charge >= 0.3 is 6.18 Å². The van der Waals surface area contributed by atoms with Crippen molar-refractivity contribution in [2.45, 2.75) is 19.0 Å². The predicted molar refractivity (Wildman–Crippen MR) is 162 cm³/mol. The summed E-state index contributed by atoms with van der Waals surface area (Å²) in [6, 6.07) is 10.0. The Labute approximate surface area is 256 Å². The second-order valence-corrected chi connectivity index (χ2v) is 10.3. The number of anilines is 3. The van der Waals surface area contributed by atoms with E-state index in [4.69, 9.17) is 16.3 Å². The van der Waals surface area contributed by atoms with Gasteiger partial charge in [-0.2, -0.15) is 13.2 Å². The van der Waals surface area contributed by atoms with E-state index in [1.807, 2.05) is 19.0 Å². The summed E-state index contributed by atoms with van der Waals surface area (Å²) in [4.78, 5) is 28.0. The van der Waals surface area contributed by atoms with Crippen LogP contribution in [0, 0.1) is 5.82 Å². The maximum Gasteiger partial charge on any atom is 0.416 e. The molecule has 0 aliphatic rings. The van der Waals surface area contributed by atoms with Crippen molar-refractivity contribution in [1.29, 1.82) is 0 Å². The number of hydrogen-bond donors (Lipinski definition) is 3. The van der Waals surface area contributed by atoms with Crippen molar-refractivity contribution in [3.8, 4) is 22.9 Å². The highest BCUT2D eigenvalue weighted by Gasteiger charge is 2.32. The summed E-state index contributed by atoms with van der Waals surface area (Å²) in [5.41, 5.74) is -0.691. The van der Waals surface area contributed by atoms with Crippen LogP contribution in [-0.2, 0) is 6.18 Å². The van der Waals surface area contributed by atoms with E-state index in [-0.39, 0.29) is 28.0 Å². The first-order valence-corrected chi connectivity index (χ1v) is 13.9. The zero-order chi connectivity index (χ0) is 31.9. The second-order valence-electron chi connectivity index (χ2n) is 9.88. The monoisotopic (exact) mass is 631 g/mol. The summed E-state index contributed by atoms with van der Waals surface area (Å²) in [5.74, 6) is -1.37. The highest BCUT2D eigenvalue weighted by atomic mass is 35.5. The van der Waals surface area contributed by atoms with Crippen LogP contribution in [0.15, 0.2) is 60.9 Å². The molecule has 0 spiro atoms. The van der Waals surface area contributed by atoms with E-state index in [0.717, 1.165) is 37.2 Å². The fraction of sp³-hybridized carbons (Fsp3) is 0.267. The number of unbranched alkanes of at least 4 members (excludes halogenated alkanes) is 1. The normalized spacial score (nSPS) is 11.4. The van der Waals surface area contributed by atoms with Gasteiger partial charge in [-0.15, -0.1) is 0 Å². The Hall–Kier alpha value is -4.49. The molecule has 0 unspecified atom stereocenters. The molecule has 3 N–H and O–H groups in total. The topological polar surface area (TPSA) is 104 Å². The first-order chi connectivity index (χ1) is 21.0. The molecule has 2 heterocycles. The maximum atomic E-state index is 14.9. The molecule has 0 aliphatic carbocycles. The lowest BCUT2D eigenvalue weighted by Crippen LogP contribution is -2.18. The van der Waals surface area contributed by atoms with Gasteiger partial charge in [0.2, 0.25) is 11.8 Å². The second kappa shape index (κ2) is 14.3. The molecule has 0 saturated carbocycles. The Morgan fingerprint density at radius 3 is 2.57 bits per heavy atom. The van der Waals surface area contributed by atoms with Crippen LogP contribution in [-0.4, -0.2) is 60.0 Å². The Bertz CT molecular complexity index is 1620. The number of aromatic nitrogens is 3. The lowest BCUT2D eigenvalue weighted by Gasteiger charge is -2.18. The zero-order valence-corrected chi connectivity index (χ0v) is 24.9. The van der Waals surface area contributed by atoms with Crippen LogP contribution in [0.3, 0.4) is 0 Å². The van der Waals surface area contributed by atoms with Crippen LogP contribution in [0.2, 0.25) is 5.02 Å². The van der Waals surface area contributed by atoms with Gasteiger partial charge in [-0.1, -0.05) is 11.6 Å². The molecule has 0 saturated heterocycles. The van der Waals surface area contributed by atoms with Crippen molar-refractivity contribution in [2.75, 3.05) is 50.2 Å². The number of halogens is 5. The number of carbonyl (C=O) groups is 1. The van der Waals surface area contributed by atoms with E-state index in [0.29, 0.717) is 30.2 Å². The third-order valence-electron chi connectivity index (χ3n) is 6.32. The van der Waals surface area contributed by atoms with Gasteiger partial charge in [0.05, 0.1) is 38.8 Å². The van der Waals surface area contributed by atoms with Crippen LogP contribution in [0.4, 0.5) is 34.9 Å². The first kappa shape index (κ1) is 32.4. The molecule has 44 heavy (non-hydrogen) atoms. The molecule has 1 amide bonds. The Kier molecular flexibility index (Phi) is 10.6. The SMILES string of the molecule is CNc1nccc(-c2cccnc2Oc2ccc(F)c(C(=O)Nc3cc(C(F)(F)F)cc(Cl)c3NCCCCN(C)C)c2)n1. The van der Waals surface area contributed by atoms with Crippen LogP contribution in [0.1, 0.15) is 28.8 Å². The van der Waals surface area contributed by atoms with Crippen LogP contribution < -0.4 is 20.7 Å². The largest absolute Gasteiger partial charge is 0.438 e. The maximum absolute atomic E-state index is 14.9. The lowest BCUT2D eigenvalue weighted by molar-refractivity contribution is -0.137. The van der Waals surface area contributed by atoms with E-state index < -0.39 is 29.0 Å². The fourth-order valence-electron chi connectivity index (χ4n) is 4.15. The molecule has 232 valence electrons. The summed E-state index contributed by atoms with van der Waals surface area (Å²) >= 11 is 6.23. The minimum Gasteiger partial charge on any atom is -0.438 e. The number of alkyl halides is 3. The van der Waals surface area contributed by atoms with Gasteiger partial charge in [0.1, 0.15) is 11.6 Å². The average molecular weight is 632 g/mol. The molecule has 9 nitrogen and oxygen atoms in total. The third-order valence-corrected chi connectivity index (χ3v) is 6.62. The van der Waals surface area contributed by atoms with E-state index in [1.54, 1.807) is 31.4 Å². The molecule has 0 atom stereocenters. The molecule has 0 radical (unpaired) electrons. The van der Waals surface area contributed by atoms with Crippen molar-refractivity contribution in [1.82, 2.24) is 19.9 Å². The highest BCUT2D eigenvalue weighted by Crippen LogP contribution is 2.39. The standard InChI is InChI=1S/C30H30ClF4N7O2/c1-36-29-39-13-10-24(41-29)20-7-6-12-38-28(20)44-19-8-9-23(32)21(17-19)27(43)40-25-16-18(30(33,34)35)15-22(31)26(25)37-11-4-5-14-42(2)3/h6-10,12-13,15-17,37H,4-5,11,14H2,1-3H3,(H,40,43)(H,36,39,41). The summed E-state index contributed by atoms with van der Waals surface area (Å²) in [5, 5.41) is 8.00. The van der Waals surface area contributed by atoms with Gasteiger partial charge in [-0.3, -0.25) is 4.79 Å². The number of rotatable bonds is 12. The van der Waals surface area contributed by atoms with Crippen molar-refractivity contribution in [3.05, 3.63) is 82.9 Å². The van der Waals surface area contributed by atoms with Gasteiger partial charge in [0, 0.05) is 26.0 Å². The molecule has 0 fully saturated rings. The summed E-state index contributed by atoms with van der Waals surface area (Å²) < 4.78 is 61.6. The van der Waals surface area contributed by atoms with Gasteiger partial charge in [0.25, 0.3) is 5.91 Å². The average Bonchev–Trinajstić information content (AvgIpc) is 2.98. The molecule has 2 aromatic heterocycles. The van der Waals surface area contributed by atoms with E-state index in [1.165, 1.54) is 12.3 Å². The van der Waals surface area contributed by atoms with Gasteiger partial charge in [-0.05, 0) is 82.0 Å². The minimum atomic E-state index is -4.73. The van der Waals surface area contributed by atoms with E-state index >= 15 is 0 Å². The third kappa shape index (κ3) is 8.32.